The number of para-hydroxylation sites is 3. The molecule has 1 N–H and O–H groups in total. The number of hydrogen-bond acceptors (Lipinski definition) is 4. The highest BCUT2D eigenvalue weighted by Gasteiger charge is 2.24. The summed E-state index contributed by atoms with van der Waals surface area (Å²) >= 11 is 0. The fourth-order valence-corrected chi connectivity index (χ4v) is 9.40. The number of hydrogen-bond donors (Lipinski definition) is 1. The minimum atomic E-state index is 0.148. The van der Waals surface area contributed by atoms with Crippen LogP contribution in [0.25, 0.3) is 106 Å². The molecule has 0 saturated heterocycles. The van der Waals surface area contributed by atoms with E-state index in [4.69, 9.17) is 14.4 Å². The molecule has 0 spiro atoms. The summed E-state index contributed by atoms with van der Waals surface area (Å²) < 4.78 is 8.92. The highest BCUT2D eigenvalue weighted by atomic mass is 16.3. The Kier molecular flexibility index (Phi) is 9.65. The maximum Gasteiger partial charge on any atom is 0.149 e. The van der Waals surface area contributed by atoms with Gasteiger partial charge in [0.15, 0.2) is 0 Å². The third-order valence-electron chi connectivity index (χ3n) is 12.6. The molecule has 0 amide bonds. The maximum absolute atomic E-state index is 11.5. The second kappa shape index (κ2) is 16.4. The fourth-order valence-electron chi connectivity index (χ4n) is 9.40. The molecule has 12 rings (SSSR count). The Bertz CT molecular complexity index is 3720. The molecule has 0 aliphatic rings. The van der Waals surface area contributed by atoms with Gasteiger partial charge in [0.1, 0.15) is 22.7 Å². The lowest BCUT2D eigenvalue weighted by Crippen LogP contribution is -1.99. The van der Waals surface area contributed by atoms with Crippen molar-refractivity contribution < 1.29 is 9.52 Å². The maximum atomic E-state index is 11.5. The molecule has 0 radical (unpaired) electrons. The van der Waals surface area contributed by atoms with Crippen LogP contribution in [0.5, 0.6) is 5.75 Å². The van der Waals surface area contributed by atoms with Crippen LogP contribution >= 0.6 is 0 Å². The van der Waals surface area contributed by atoms with Crippen molar-refractivity contribution in [1.82, 2.24) is 14.5 Å². The molecule has 0 aliphatic heterocycles. The van der Waals surface area contributed by atoms with E-state index in [2.05, 4.69) is 180 Å². The number of rotatable bonds is 9. The summed E-state index contributed by atoms with van der Waals surface area (Å²) in [6.07, 6.45) is 2.80. The van der Waals surface area contributed by atoms with Crippen molar-refractivity contribution in [2.75, 3.05) is 0 Å². The van der Waals surface area contributed by atoms with Crippen LogP contribution in [0.1, 0.15) is 11.1 Å². The molecule has 3 heterocycles. The standard InChI is InChI=1S/C61H41N3O2/c65-56-25-12-10-21-51(56)61-63-59-49(23-14-24-55(59)64(61)54-32-31-50(44-19-8-3-9-20-44)60-58(54)52-22-11-13-26-57(52)66-60)47-36-46(42-17-6-2-7-18-42)37-48(38-47)53-39-45(33-34-62-53)43-29-27-41(28-30-43)35-40-15-4-1-5-16-40/h1-34,36-39,65H,35H2. The molecule has 0 fully saturated rings. The van der Waals surface area contributed by atoms with Crippen molar-refractivity contribution in [3.05, 3.63) is 242 Å². The molecular weight excluding hydrogens is 807 g/mol. The van der Waals surface area contributed by atoms with Gasteiger partial charge in [0.25, 0.3) is 0 Å². The van der Waals surface area contributed by atoms with Gasteiger partial charge in [-0.15, -0.1) is 0 Å². The van der Waals surface area contributed by atoms with Gasteiger partial charge < -0.3 is 9.52 Å². The number of imidazole rings is 1. The second-order valence-electron chi connectivity index (χ2n) is 16.7. The number of aromatic nitrogens is 3. The number of phenolic OH excluding ortho intramolecular Hbond substituents is 1. The first-order valence-corrected chi connectivity index (χ1v) is 22.2. The fraction of sp³-hybridized carbons (Fsp3) is 0.0164. The van der Waals surface area contributed by atoms with Crippen LogP contribution in [0.4, 0.5) is 0 Å². The molecule has 312 valence electrons. The number of furan rings is 1. The average molecular weight is 848 g/mol. The van der Waals surface area contributed by atoms with E-state index in [9.17, 15) is 5.11 Å². The van der Waals surface area contributed by atoms with E-state index >= 15 is 0 Å². The number of fused-ring (bicyclic) bond motifs is 4. The molecule has 0 saturated carbocycles. The molecule has 9 aromatic carbocycles. The SMILES string of the molecule is Oc1ccccc1-c1nc2c(-c3cc(-c4ccccc4)cc(-c4cc(-c5ccc(Cc6ccccc6)cc5)ccn4)c3)cccc2n1-c1ccc(-c2ccccc2)c2oc3ccccc3c12. The van der Waals surface area contributed by atoms with Gasteiger partial charge in [0.05, 0.1) is 33.4 Å². The van der Waals surface area contributed by atoms with E-state index in [0.29, 0.717) is 11.4 Å². The minimum Gasteiger partial charge on any atom is -0.507 e. The molecular formula is C61H41N3O2. The Morgan fingerprint density at radius 1 is 0.455 bits per heavy atom. The summed E-state index contributed by atoms with van der Waals surface area (Å²) in [7, 11) is 0. The highest BCUT2D eigenvalue weighted by Crippen LogP contribution is 2.44. The summed E-state index contributed by atoms with van der Waals surface area (Å²) in [5.74, 6) is 0.771. The van der Waals surface area contributed by atoms with Crippen LogP contribution in [-0.4, -0.2) is 19.6 Å². The first-order valence-electron chi connectivity index (χ1n) is 22.2. The lowest BCUT2D eigenvalue weighted by atomic mass is 9.93. The molecule has 66 heavy (non-hydrogen) atoms. The zero-order valence-corrected chi connectivity index (χ0v) is 35.8. The predicted octanol–water partition coefficient (Wildman–Crippen LogP) is 15.6. The van der Waals surface area contributed by atoms with Crippen molar-refractivity contribution in [2.45, 2.75) is 6.42 Å². The van der Waals surface area contributed by atoms with Crippen molar-refractivity contribution in [1.29, 1.82) is 0 Å². The quantitative estimate of drug-likeness (QED) is 0.157. The largest absolute Gasteiger partial charge is 0.507 e. The minimum absolute atomic E-state index is 0.148. The van der Waals surface area contributed by atoms with Crippen LogP contribution in [-0.2, 0) is 6.42 Å². The summed E-state index contributed by atoms with van der Waals surface area (Å²) in [6.45, 7) is 0. The van der Waals surface area contributed by atoms with Gasteiger partial charge in [-0.2, -0.15) is 0 Å². The summed E-state index contributed by atoms with van der Waals surface area (Å²) in [6, 6.07) is 77.5. The number of nitrogens with zero attached hydrogens (tertiary/aromatic N) is 3. The molecule has 3 aromatic heterocycles. The Morgan fingerprint density at radius 3 is 1.91 bits per heavy atom. The van der Waals surface area contributed by atoms with Gasteiger partial charge >= 0.3 is 0 Å². The van der Waals surface area contributed by atoms with Crippen LogP contribution in [0, 0.1) is 0 Å². The Balaban J connectivity index is 1.05. The zero-order chi connectivity index (χ0) is 44.0. The van der Waals surface area contributed by atoms with E-state index in [1.54, 1.807) is 6.07 Å². The van der Waals surface area contributed by atoms with E-state index in [-0.39, 0.29) is 5.75 Å². The molecule has 0 aliphatic carbocycles. The van der Waals surface area contributed by atoms with E-state index in [1.807, 2.05) is 48.7 Å². The molecule has 12 aromatic rings. The van der Waals surface area contributed by atoms with Crippen LogP contribution in [0.2, 0.25) is 0 Å². The van der Waals surface area contributed by atoms with E-state index in [1.165, 1.54) is 11.1 Å². The van der Waals surface area contributed by atoms with Crippen molar-refractivity contribution in [2.24, 2.45) is 0 Å². The van der Waals surface area contributed by atoms with Crippen molar-refractivity contribution in [3.8, 4) is 78.6 Å². The Hall–Kier alpha value is -8.80. The van der Waals surface area contributed by atoms with Gasteiger partial charge in [-0.25, -0.2) is 4.98 Å². The van der Waals surface area contributed by atoms with Gasteiger partial charge in [0.2, 0.25) is 0 Å². The molecule has 0 bridgehead atoms. The Labute approximate surface area is 382 Å². The number of aromatic hydroxyl groups is 1. The molecule has 0 unspecified atom stereocenters. The first-order chi connectivity index (χ1) is 32.6. The van der Waals surface area contributed by atoms with Crippen LogP contribution in [0.15, 0.2) is 235 Å². The molecule has 5 heteroatoms. The lowest BCUT2D eigenvalue weighted by Gasteiger charge is -2.14. The van der Waals surface area contributed by atoms with E-state index < -0.39 is 0 Å². The van der Waals surface area contributed by atoms with Gasteiger partial charge in [-0.05, 0) is 118 Å². The number of phenols is 1. The monoisotopic (exact) mass is 847 g/mol. The van der Waals surface area contributed by atoms with Gasteiger partial charge in [-0.1, -0.05) is 158 Å². The number of benzene rings is 9. The van der Waals surface area contributed by atoms with Gasteiger partial charge in [0, 0.05) is 28.3 Å². The summed E-state index contributed by atoms with van der Waals surface area (Å²) in [5, 5.41) is 13.5. The van der Waals surface area contributed by atoms with Crippen LogP contribution < -0.4 is 0 Å². The average Bonchev–Trinajstić information content (AvgIpc) is 3.97. The lowest BCUT2D eigenvalue weighted by molar-refractivity contribution is 0.477. The molecule has 0 atom stereocenters. The normalized spacial score (nSPS) is 11.5. The van der Waals surface area contributed by atoms with Crippen LogP contribution in [0.3, 0.4) is 0 Å². The topological polar surface area (TPSA) is 64.1 Å². The summed E-state index contributed by atoms with van der Waals surface area (Å²) in [5.41, 5.74) is 17.7. The smallest absolute Gasteiger partial charge is 0.149 e. The first kappa shape index (κ1) is 38.8. The van der Waals surface area contributed by atoms with Crippen molar-refractivity contribution in [3.63, 3.8) is 0 Å². The Morgan fingerprint density at radius 2 is 1.11 bits per heavy atom. The predicted molar refractivity (Wildman–Crippen MR) is 270 cm³/mol. The zero-order valence-electron chi connectivity index (χ0n) is 35.8. The third-order valence-corrected chi connectivity index (χ3v) is 12.6. The van der Waals surface area contributed by atoms with Gasteiger partial charge in [-0.3, -0.25) is 9.55 Å². The summed E-state index contributed by atoms with van der Waals surface area (Å²) in [4.78, 5) is 10.5. The van der Waals surface area contributed by atoms with E-state index in [0.717, 1.165) is 101 Å². The molecule has 5 nitrogen and oxygen atoms in total. The van der Waals surface area contributed by atoms with Crippen molar-refractivity contribution >= 4 is 33.0 Å². The third kappa shape index (κ3) is 7.00. The number of pyridine rings is 1. The second-order valence-corrected chi connectivity index (χ2v) is 16.7. The highest BCUT2D eigenvalue weighted by molar-refractivity contribution is 6.14.